The first-order chi connectivity index (χ1) is 20.2. The van der Waals surface area contributed by atoms with Gasteiger partial charge < -0.3 is 14.6 Å². The van der Waals surface area contributed by atoms with Crippen LogP contribution < -0.4 is 19.6 Å². The molecule has 8 nitrogen and oxygen atoms in total. The number of fused-ring (bicyclic) bond motifs is 1. The first-order valence-electron chi connectivity index (χ1n) is 12.8. The monoisotopic (exact) mass is 758 g/mol. The highest BCUT2D eigenvalue weighted by molar-refractivity contribution is 14.1. The largest absolute Gasteiger partial charge is 0.487 e. The van der Waals surface area contributed by atoms with E-state index in [4.69, 9.17) is 19.6 Å². The molecule has 0 aliphatic carbocycles. The molecular formula is C31H24BrIN2O6S. The topological polar surface area (TPSA) is 107 Å². The van der Waals surface area contributed by atoms with Gasteiger partial charge in [0.2, 0.25) is 0 Å². The zero-order valence-electron chi connectivity index (χ0n) is 22.5. The summed E-state index contributed by atoms with van der Waals surface area (Å²) in [7, 11) is 1.33. The summed E-state index contributed by atoms with van der Waals surface area (Å²) in [4.78, 5) is 43.1. The lowest BCUT2D eigenvalue weighted by Gasteiger charge is -2.25. The fraction of sp³-hybridized carbons (Fsp3) is 0.161. The number of esters is 1. The highest BCUT2D eigenvalue weighted by atomic mass is 127. The van der Waals surface area contributed by atoms with Gasteiger partial charge in [-0.15, -0.1) is 0 Å². The van der Waals surface area contributed by atoms with Gasteiger partial charge in [-0.1, -0.05) is 60.7 Å². The van der Waals surface area contributed by atoms with Crippen molar-refractivity contribution in [2.75, 3.05) is 7.11 Å². The normalized spacial score (nSPS) is 14.8. The molecule has 42 heavy (non-hydrogen) atoms. The van der Waals surface area contributed by atoms with Crippen LogP contribution in [0.25, 0.3) is 6.08 Å². The number of hydrogen-bond donors (Lipinski definition) is 1. The Morgan fingerprint density at radius 1 is 1.14 bits per heavy atom. The van der Waals surface area contributed by atoms with Gasteiger partial charge in [-0.3, -0.25) is 9.36 Å². The van der Waals surface area contributed by atoms with Gasteiger partial charge in [-0.05, 0) is 92.0 Å². The van der Waals surface area contributed by atoms with E-state index in [0.29, 0.717) is 37.2 Å². The third kappa shape index (κ3) is 5.99. The molecule has 2 heterocycles. The predicted molar refractivity (Wildman–Crippen MR) is 171 cm³/mol. The summed E-state index contributed by atoms with van der Waals surface area (Å²) in [5, 5.41) is 9.10. The maximum absolute atomic E-state index is 13.8. The molecule has 0 saturated carbocycles. The molecule has 0 unspecified atom stereocenters. The van der Waals surface area contributed by atoms with E-state index in [1.807, 2.05) is 49.4 Å². The molecule has 1 atom stereocenters. The van der Waals surface area contributed by atoms with Crippen molar-refractivity contribution in [1.82, 2.24) is 4.57 Å². The van der Waals surface area contributed by atoms with E-state index in [9.17, 15) is 14.4 Å². The van der Waals surface area contributed by atoms with E-state index in [1.54, 1.807) is 34.9 Å². The van der Waals surface area contributed by atoms with Gasteiger partial charge in [0, 0.05) is 0 Å². The molecule has 0 bridgehead atoms. The number of aromatic carboxylic acids is 1. The lowest BCUT2D eigenvalue weighted by atomic mass is 9.95. The second-order valence-corrected chi connectivity index (χ2v) is 12.3. The maximum Gasteiger partial charge on any atom is 0.338 e. The Bertz CT molecular complexity index is 1880. The van der Waals surface area contributed by atoms with Crippen LogP contribution in [0.1, 0.15) is 46.4 Å². The Balaban J connectivity index is 1.52. The quantitative estimate of drug-likeness (QED) is 0.190. The number of thiazole rings is 1. The van der Waals surface area contributed by atoms with Gasteiger partial charge in [0.05, 0.1) is 42.6 Å². The highest BCUT2D eigenvalue weighted by Gasteiger charge is 2.33. The number of carboxylic acids is 1. The summed E-state index contributed by atoms with van der Waals surface area (Å²) in [5.41, 5.74) is 3.34. The van der Waals surface area contributed by atoms with Crippen molar-refractivity contribution in [1.29, 1.82) is 0 Å². The van der Waals surface area contributed by atoms with Crippen LogP contribution >= 0.6 is 49.9 Å². The number of carbonyl (C=O) groups is 2. The molecule has 4 aromatic rings. The first kappa shape index (κ1) is 29.9. The van der Waals surface area contributed by atoms with Crippen molar-refractivity contribution >= 4 is 67.9 Å². The molecule has 214 valence electrons. The smallest absolute Gasteiger partial charge is 0.338 e. The van der Waals surface area contributed by atoms with Gasteiger partial charge in [0.1, 0.15) is 12.4 Å². The standard InChI is InChI=1S/C31H24BrIN2O6S/c1-3-23-25(30(39)40-2)26(19-7-5-4-6-8-19)35-28(36)24(42-31(35)34-23)15-18-13-21(32)27(22(33)14-18)41-16-17-9-11-20(12-10-17)29(37)38/h4-15,26H,3,16H2,1-2H3,(H,37,38)/b24-15-/t26-/m0/s1. The third-order valence-electron chi connectivity index (χ3n) is 6.67. The number of allylic oxidation sites excluding steroid dienone is 1. The lowest BCUT2D eigenvalue weighted by molar-refractivity contribution is -0.136. The Morgan fingerprint density at radius 2 is 1.86 bits per heavy atom. The minimum atomic E-state index is -0.979. The van der Waals surface area contributed by atoms with Crippen LogP contribution in [0.3, 0.4) is 0 Å². The maximum atomic E-state index is 13.8. The number of ether oxygens (including phenoxy) is 2. The number of nitrogens with zero attached hydrogens (tertiary/aromatic N) is 2. The number of carbonyl (C=O) groups excluding carboxylic acids is 1. The van der Waals surface area contributed by atoms with Crippen molar-refractivity contribution in [3.8, 4) is 5.75 Å². The van der Waals surface area contributed by atoms with Crippen LogP contribution in [-0.2, 0) is 16.1 Å². The molecule has 11 heteroatoms. The van der Waals surface area contributed by atoms with Gasteiger partial charge in [-0.2, -0.15) is 0 Å². The molecule has 0 fully saturated rings. The minimum absolute atomic E-state index is 0.215. The van der Waals surface area contributed by atoms with Crippen molar-refractivity contribution in [3.05, 3.63) is 128 Å². The van der Waals surface area contributed by atoms with E-state index in [0.717, 1.165) is 20.3 Å². The van der Waals surface area contributed by atoms with Crippen LogP contribution in [-0.4, -0.2) is 28.7 Å². The predicted octanol–water partition coefficient (Wildman–Crippen LogP) is 5.44. The number of benzene rings is 3. The van der Waals surface area contributed by atoms with Gasteiger partial charge in [0.15, 0.2) is 4.80 Å². The van der Waals surface area contributed by atoms with Crippen molar-refractivity contribution < 1.29 is 24.2 Å². The summed E-state index contributed by atoms with van der Waals surface area (Å²) in [6.07, 6.45) is 2.32. The number of carboxylic acid groups (broad SMARTS) is 1. The van der Waals surface area contributed by atoms with Crippen LogP contribution in [0.2, 0.25) is 0 Å². The molecule has 1 aliphatic heterocycles. The average molecular weight is 759 g/mol. The Labute approximate surface area is 266 Å². The Morgan fingerprint density at radius 3 is 2.48 bits per heavy atom. The average Bonchev–Trinajstić information content (AvgIpc) is 3.30. The zero-order valence-corrected chi connectivity index (χ0v) is 27.0. The van der Waals surface area contributed by atoms with E-state index >= 15 is 0 Å². The van der Waals surface area contributed by atoms with Crippen LogP contribution in [0.5, 0.6) is 5.75 Å². The molecule has 5 rings (SSSR count). The summed E-state index contributed by atoms with van der Waals surface area (Å²) in [6.45, 7) is 2.18. The van der Waals surface area contributed by atoms with Gasteiger partial charge in [-0.25, -0.2) is 14.6 Å². The first-order valence-corrected chi connectivity index (χ1v) is 15.5. The Kier molecular flexibility index (Phi) is 9.09. The third-order valence-corrected chi connectivity index (χ3v) is 9.04. The molecule has 1 aliphatic rings. The number of aromatic nitrogens is 1. The number of rotatable bonds is 8. The summed E-state index contributed by atoms with van der Waals surface area (Å²) < 4.78 is 14.7. The van der Waals surface area contributed by atoms with Crippen molar-refractivity contribution in [2.45, 2.75) is 26.0 Å². The summed E-state index contributed by atoms with van der Waals surface area (Å²) >= 11 is 7.05. The van der Waals surface area contributed by atoms with E-state index in [2.05, 4.69) is 38.5 Å². The van der Waals surface area contributed by atoms with Crippen LogP contribution in [0, 0.1) is 3.57 Å². The van der Waals surface area contributed by atoms with Crippen molar-refractivity contribution in [3.63, 3.8) is 0 Å². The minimum Gasteiger partial charge on any atom is -0.487 e. The summed E-state index contributed by atoms with van der Waals surface area (Å²) in [6, 6.07) is 19.1. The lowest BCUT2D eigenvalue weighted by Crippen LogP contribution is -2.40. The highest BCUT2D eigenvalue weighted by Crippen LogP contribution is 2.34. The van der Waals surface area contributed by atoms with E-state index in [-0.39, 0.29) is 17.7 Å². The number of hydrogen-bond acceptors (Lipinski definition) is 7. The van der Waals surface area contributed by atoms with Gasteiger partial charge in [0.25, 0.3) is 5.56 Å². The van der Waals surface area contributed by atoms with E-state index < -0.39 is 18.0 Å². The van der Waals surface area contributed by atoms with Gasteiger partial charge >= 0.3 is 11.9 Å². The molecule has 0 saturated heterocycles. The molecule has 0 spiro atoms. The van der Waals surface area contributed by atoms with Crippen molar-refractivity contribution in [2.24, 2.45) is 4.99 Å². The molecule has 3 aromatic carbocycles. The fourth-order valence-electron chi connectivity index (χ4n) is 4.67. The van der Waals surface area contributed by atoms with Crippen LogP contribution in [0.4, 0.5) is 0 Å². The fourth-order valence-corrected chi connectivity index (χ4v) is 7.45. The number of methoxy groups -OCH3 is 1. The summed E-state index contributed by atoms with van der Waals surface area (Å²) in [5.74, 6) is -0.852. The molecule has 1 N–H and O–H groups in total. The zero-order chi connectivity index (χ0) is 30.0. The number of halogens is 2. The van der Waals surface area contributed by atoms with Crippen LogP contribution in [0.15, 0.2) is 92.3 Å². The molecule has 0 amide bonds. The van der Waals surface area contributed by atoms with E-state index in [1.165, 1.54) is 18.4 Å². The molecular weight excluding hydrogens is 735 g/mol. The SMILES string of the molecule is CCC1=C(C(=O)OC)[C@H](c2ccccc2)n2c(s/c(=C\c3cc(Br)c(OCc4ccc(C(=O)O)cc4)c(I)c3)c2=O)=N1. The Hall–Kier alpha value is -3.55. The molecule has 0 radical (unpaired) electrons. The second kappa shape index (κ2) is 12.8. The second-order valence-electron chi connectivity index (χ2n) is 9.30. The molecule has 1 aromatic heterocycles.